The van der Waals surface area contributed by atoms with Crippen molar-refractivity contribution in [2.24, 2.45) is 0 Å². The summed E-state index contributed by atoms with van der Waals surface area (Å²) in [5.74, 6) is -1.07. The second-order valence-corrected chi connectivity index (χ2v) is 5.58. The highest BCUT2D eigenvalue weighted by molar-refractivity contribution is 5.83. The zero-order chi connectivity index (χ0) is 14.8. The van der Waals surface area contributed by atoms with Crippen LogP contribution in [0.2, 0.25) is 0 Å². The van der Waals surface area contributed by atoms with E-state index in [1.54, 1.807) is 12.4 Å². The van der Waals surface area contributed by atoms with Crippen LogP contribution in [0.5, 0.6) is 0 Å². The van der Waals surface area contributed by atoms with Crippen LogP contribution in [0.15, 0.2) is 24.5 Å². The molecule has 2 heterocycles. The fourth-order valence-electron chi connectivity index (χ4n) is 2.64. The van der Waals surface area contributed by atoms with Gasteiger partial charge in [0.2, 0.25) is 0 Å². The summed E-state index contributed by atoms with van der Waals surface area (Å²) in [6.07, 6.45) is 4.84. The smallest absolute Gasteiger partial charge is 0.332 e. The molecule has 1 saturated heterocycles. The van der Waals surface area contributed by atoms with Crippen LogP contribution in [0.25, 0.3) is 0 Å². The maximum Gasteiger partial charge on any atom is 0.332 e. The Morgan fingerprint density at radius 2 is 1.86 bits per heavy atom. The zero-order valence-electron chi connectivity index (χ0n) is 11.6. The largest absolute Gasteiger partial charge is 0.479 e. The van der Waals surface area contributed by atoms with Crippen LogP contribution >= 0.6 is 0 Å². The van der Waals surface area contributed by atoms with Crippen molar-refractivity contribution in [3.63, 3.8) is 0 Å². The normalized spacial score (nSPS) is 24.8. The number of aromatic nitrogens is 1. The molecule has 2 atom stereocenters. The molecule has 6 heteroatoms. The molecule has 1 saturated carbocycles. The lowest BCUT2D eigenvalue weighted by Gasteiger charge is -2.25. The summed E-state index contributed by atoms with van der Waals surface area (Å²) >= 11 is 0. The van der Waals surface area contributed by atoms with Crippen molar-refractivity contribution in [1.82, 2.24) is 9.88 Å². The Labute approximate surface area is 122 Å². The van der Waals surface area contributed by atoms with E-state index in [4.69, 9.17) is 9.84 Å². The summed E-state index contributed by atoms with van der Waals surface area (Å²) < 4.78 is 5.38. The predicted molar refractivity (Wildman–Crippen MR) is 73.3 cm³/mol. The lowest BCUT2D eigenvalue weighted by Crippen LogP contribution is -2.40. The molecule has 0 bridgehead atoms. The molecular weight excluding hydrogens is 272 g/mol. The Balaban J connectivity index is 1.67. The second-order valence-electron chi connectivity index (χ2n) is 5.58. The number of ether oxygens (including phenoxy) is 1. The number of hydrogen-bond donors (Lipinski definition) is 1. The Hall–Kier alpha value is -1.95. The fourth-order valence-corrected chi connectivity index (χ4v) is 2.64. The number of nitrogens with zero attached hydrogens (tertiary/aromatic N) is 2. The van der Waals surface area contributed by atoms with E-state index < -0.39 is 18.2 Å². The van der Waals surface area contributed by atoms with Gasteiger partial charge in [-0.05, 0) is 43.4 Å². The van der Waals surface area contributed by atoms with Crippen LogP contribution in [0.3, 0.4) is 0 Å². The minimum atomic E-state index is -0.989. The maximum atomic E-state index is 12.6. The first-order valence-corrected chi connectivity index (χ1v) is 7.23. The molecule has 1 aromatic heterocycles. The number of pyridine rings is 1. The standard InChI is InChI=1S/C15H18N2O4/c18-14(12-3-4-13(21-12)15(19)20)17(11-1-2-11)9-10-5-7-16-8-6-10/h5-8,11-13H,1-4,9H2,(H,19,20)/t12-,13+/m0/s1. The van der Waals surface area contributed by atoms with Gasteiger partial charge >= 0.3 is 5.97 Å². The van der Waals surface area contributed by atoms with Gasteiger partial charge in [0.1, 0.15) is 6.10 Å². The van der Waals surface area contributed by atoms with E-state index in [-0.39, 0.29) is 11.9 Å². The van der Waals surface area contributed by atoms with Crippen LogP contribution in [0.4, 0.5) is 0 Å². The first-order chi connectivity index (χ1) is 10.1. The number of carbonyl (C=O) groups is 2. The highest BCUT2D eigenvalue weighted by atomic mass is 16.5. The van der Waals surface area contributed by atoms with Crippen LogP contribution in [0.1, 0.15) is 31.2 Å². The first-order valence-electron chi connectivity index (χ1n) is 7.23. The molecule has 1 N–H and O–H groups in total. The minimum absolute atomic E-state index is 0.0851. The Bertz CT molecular complexity index is 530. The number of carbonyl (C=O) groups excluding carboxylic acids is 1. The van der Waals surface area contributed by atoms with Crippen LogP contribution in [-0.4, -0.2) is 45.1 Å². The van der Waals surface area contributed by atoms with E-state index in [0.29, 0.717) is 19.4 Å². The quantitative estimate of drug-likeness (QED) is 0.881. The van der Waals surface area contributed by atoms with E-state index in [1.807, 2.05) is 17.0 Å². The molecule has 0 spiro atoms. The molecule has 1 aliphatic heterocycles. The van der Waals surface area contributed by atoms with Crippen LogP contribution in [0, 0.1) is 0 Å². The topological polar surface area (TPSA) is 79.7 Å². The number of rotatable bonds is 5. The molecular formula is C15H18N2O4. The summed E-state index contributed by atoms with van der Waals surface area (Å²) in [7, 11) is 0. The molecule has 2 aliphatic rings. The fraction of sp³-hybridized carbons (Fsp3) is 0.533. The molecule has 0 unspecified atom stereocenters. The van der Waals surface area contributed by atoms with Gasteiger partial charge in [-0.1, -0.05) is 0 Å². The van der Waals surface area contributed by atoms with Gasteiger partial charge in [-0.3, -0.25) is 9.78 Å². The van der Waals surface area contributed by atoms with Gasteiger partial charge in [-0.2, -0.15) is 0 Å². The second kappa shape index (κ2) is 5.81. The highest BCUT2D eigenvalue weighted by Gasteiger charge is 2.41. The third kappa shape index (κ3) is 3.21. The monoisotopic (exact) mass is 290 g/mol. The van der Waals surface area contributed by atoms with E-state index in [0.717, 1.165) is 18.4 Å². The average Bonchev–Trinajstić information content (AvgIpc) is 3.20. The Kier molecular flexibility index (Phi) is 3.88. The molecule has 6 nitrogen and oxygen atoms in total. The summed E-state index contributed by atoms with van der Waals surface area (Å²) in [6.45, 7) is 0.531. The number of aliphatic carboxylic acids is 1. The number of carboxylic acid groups (broad SMARTS) is 1. The van der Waals surface area contributed by atoms with Gasteiger partial charge in [0.15, 0.2) is 6.10 Å². The predicted octanol–water partition coefficient (Wildman–Crippen LogP) is 1.20. The van der Waals surface area contributed by atoms with E-state index in [2.05, 4.69) is 4.98 Å². The summed E-state index contributed by atoms with van der Waals surface area (Å²) in [4.78, 5) is 29.3. The van der Waals surface area contributed by atoms with Crippen molar-refractivity contribution in [1.29, 1.82) is 0 Å². The van der Waals surface area contributed by atoms with Crippen LogP contribution in [-0.2, 0) is 20.9 Å². The van der Waals surface area contributed by atoms with Gasteiger partial charge in [-0.25, -0.2) is 4.79 Å². The van der Waals surface area contributed by atoms with Crippen molar-refractivity contribution >= 4 is 11.9 Å². The van der Waals surface area contributed by atoms with Gasteiger partial charge in [0.25, 0.3) is 5.91 Å². The molecule has 112 valence electrons. The Morgan fingerprint density at radius 3 is 2.43 bits per heavy atom. The van der Waals surface area contributed by atoms with Crippen molar-refractivity contribution in [2.75, 3.05) is 0 Å². The SMILES string of the molecule is O=C(O)[C@H]1CC[C@@H](C(=O)N(Cc2ccncc2)C2CC2)O1. The Morgan fingerprint density at radius 1 is 1.19 bits per heavy atom. The molecule has 21 heavy (non-hydrogen) atoms. The molecule has 2 fully saturated rings. The molecule has 3 rings (SSSR count). The zero-order valence-corrected chi connectivity index (χ0v) is 11.6. The van der Waals surface area contributed by atoms with Gasteiger partial charge < -0.3 is 14.7 Å². The summed E-state index contributed by atoms with van der Waals surface area (Å²) in [5, 5.41) is 8.95. The number of hydrogen-bond acceptors (Lipinski definition) is 4. The maximum absolute atomic E-state index is 12.6. The van der Waals surface area contributed by atoms with Crippen molar-refractivity contribution in [3.8, 4) is 0 Å². The number of amides is 1. The number of carboxylic acids is 1. The minimum Gasteiger partial charge on any atom is -0.479 e. The van der Waals surface area contributed by atoms with E-state index in [9.17, 15) is 9.59 Å². The van der Waals surface area contributed by atoms with E-state index >= 15 is 0 Å². The molecule has 1 aromatic rings. The molecule has 1 aliphatic carbocycles. The summed E-state index contributed by atoms with van der Waals surface area (Å²) in [5.41, 5.74) is 1.03. The lowest BCUT2D eigenvalue weighted by molar-refractivity contribution is -0.155. The van der Waals surface area contributed by atoms with Crippen molar-refractivity contribution in [2.45, 2.75) is 50.5 Å². The molecule has 0 aromatic carbocycles. The molecule has 0 radical (unpaired) electrons. The van der Waals surface area contributed by atoms with Gasteiger partial charge in [0, 0.05) is 25.0 Å². The van der Waals surface area contributed by atoms with Crippen LogP contribution < -0.4 is 0 Å². The van der Waals surface area contributed by atoms with E-state index in [1.165, 1.54) is 0 Å². The lowest BCUT2D eigenvalue weighted by atomic mass is 10.1. The summed E-state index contributed by atoms with van der Waals surface area (Å²) in [6, 6.07) is 4.04. The van der Waals surface area contributed by atoms with Gasteiger partial charge in [0.05, 0.1) is 0 Å². The third-order valence-corrected chi connectivity index (χ3v) is 3.94. The first kappa shape index (κ1) is 14.0. The van der Waals surface area contributed by atoms with Crippen molar-refractivity contribution < 1.29 is 19.4 Å². The third-order valence-electron chi connectivity index (χ3n) is 3.94. The van der Waals surface area contributed by atoms with Crippen molar-refractivity contribution in [3.05, 3.63) is 30.1 Å². The average molecular weight is 290 g/mol. The highest BCUT2D eigenvalue weighted by Crippen LogP contribution is 2.31. The molecule has 1 amide bonds. The van der Waals surface area contributed by atoms with Gasteiger partial charge in [-0.15, -0.1) is 0 Å².